The van der Waals surface area contributed by atoms with Gasteiger partial charge in [-0.05, 0) is 18.2 Å². The van der Waals surface area contributed by atoms with Crippen LogP contribution in [0.5, 0.6) is 0 Å². The van der Waals surface area contributed by atoms with Gasteiger partial charge >= 0.3 is 0 Å². The molecule has 0 aliphatic rings. The number of sulfone groups is 1. The molecule has 1 N–H and O–H groups in total. The minimum absolute atomic E-state index is 0.0374. The van der Waals surface area contributed by atoms with E-state index in [4.69, 9.17) is 0 Å². The van der Waals surface area contributed by atoms with Crippen LogP contribution in [0.1, 0.15) is 17.3 Å². The summed E-state index contributed by atoms with van der Waals surface area (Å²) in [5.74, 6) is -1.46. The van der Waals surface area contributed by atoms with Crippen molar-refractivity contribution in [3.05, 3.63) is 54.1 Å². The molecule has 0 aliphatic carbocycles. The maximum atomic E-state index is 13.0. The van der Waals surface area contributed by atoms with Gasteiger partial charge in [0.15, 0.2) is 9.84 Å². The lowest BCUT2D eigenvalue weighted by Crippen LogP contribution is -2.15. The molecule has 110 valence electrons. The number of hydrogen-bond donors (Lipinski definition) is 1. The highest BCUT2D eigenvalue weighted by Gasteiger charge is 2.18. The molecule has 1 aromatic carbocycles. The molecular formula is C14H13FN2O3S. The number of rotatable bonds is 4. The Morgan fingerprint density at radius 3 is 2.67 bits per heavy atom. The van der Waals surface area contributed by atoms with E-state index >= 15 is 0 Å². The Morgan fingerprint density at radius 1 is 1.29 bits per heavy atom. The molecule has 21 heavy (non-hydrogen) atoms. The molecule has 0 saturated carbocycles. The third kappa shape index (κ3) is 3.43. The lowest BCUT2D eigenvalue weighted by Gasteiger charge is -2.10. The van der Waals surface area contributed by atoms with E-state index in [-0.39, 0.29) is 21.9 Å². The van der Waals surface area contributed by atoms with Crippen LogP contribution in [0.2, 0.25) is 0 Å². The molecule has 0 unspecified atom stereocenters. The first-order valence-corrected chi connectivity index (χ1v) is 7.84. The standard InChI is InChI=1S/C14H13FN2O3S/c1-2-21(19,20)12-6-4-3-5-11(12)17-14(18)10-7-8-16-13(15)9-10/h3-9H,2H2,1H3,(H,17,18). The number of para-hydroxylation sites is 1. The van der Waals surface area contributed by atoms with Gasteiger partial charge < -0.3 is 5.32 Å². The lowest BCUT2D eigenvalue weighted by atomic mass is 10.2. The van der Waals surface area contributed by atoms with Gasteiger partial charge in [0.05, 0.1) is 16.3 Å². The topological polar surface area (TPSA) is 76.1 Å². The number of nitrogens with zero attached hydrogens (tertiary/aromatic N) is 1. The summed E-state index contributed by atoms with van der Waals surface area (Å²) in [4.78, 5) is 15.4. The zero-order chi connectivity index (χ0) is 15.5. The van der Waals surface area contributed by atoms with E-state index in [1.165, 1.54) is 31.3 Å². The molecule has 1 amide bonds. The van der Waals surface area contributed by atoms with E-state index in [0.29, 0.717) is 0 Å². The highest BCUT2D eigenvalue weighted by molar-refractivity contribution is 7.91. The second-order valence-corrected chi connectivity index (χ2v) is 6.47. The fraction of sp³-hybridized carbons (Fsp3) is 0.143. The van der Waals surface area contributed by atoms with Gasteiger partial charge in [0.1, 0.15) is 0 Å². The third-order valence-corrected chi connectivity index (χ3v) is 4.63. The first-order chi connectivity index (χ1) is 9.94. The number of anilines is 1. The highest BCUT2D eigenvalue weighted by atomic mass is 32.2. The van der Waals surface area contributed by atoms with E-state index in [0.717, 1.165) is 6.07 Å². The number of hydrogen-bond acceptors (Lipinski definition) is 4. The van der Waals surface area contributed by atoms with Crippen LogP contribution in [0.15, 0.2) is 47.5 Å². The quantitative estimate of drug-likeness (QED) is 0.879. The number of carbonyl (C=O) groups excluding carboxylic acids is 1. The van der Waals surface area contributed by atoms with Crippen LogP contribution in [-0.4, -0.2) is 25.1 Å². The fourth-order valence-electron chi connectivity index (χ4n) is 1.73. The van der Waals surface area contributed by atoms with Crippen molar-refractivity contribution >= 4 is 21.4 Å². The average Bonchev–Trinajstić information content (AvgIpc) is 2.47. The predicted molar refractivity (Wildman–Crippen MR) is 76.3 cm³/mol. The number of nitrogens with one attached hydrogen (secondary N) is 1. The SMILES string of the molecule is CCS(=O)(=O)c1ccccc1NC(=O)c1ccnc(F)c1. The van der Waals surface area contributed by atoms with E-state index in [2.05, 4.69) is 10.3 Å². The number of halogens is 1. The second kappa shape index (κ2) is 6.01. The average molecular weight is 308 g/mol. The summed E-state index contributed by atoms with van der Waals surface area (Å²) >= 11 is 0. The van der Waals surface area contributed by atoms with Crippen molar-refractivity contribution in [1.82, 2.24) is 4.98 Å². The summed E-state index contributed by atoms with van der Waals surface area (Å²) in [6, 6.07) is 8.41. The van der Waals surface area contributed by atoms with Gasteiger partial charge in [-0.15, -0.1) is 0 Å². The number of amides is 1. The Kier molecular flexibility index (Phi) is 4.32. The van der Waals surface area contributed by atoms with E-state index in [1.807, 2.05) is 0 Å². The molecule has 7 heteroatoms. The molecule has 0 aliphatic heterocycles. The minimum atomic E-state index is -3.47. The Morgan fingerprint density at radius 2 is 2.00 bits per heavy atom. The molecule has 1 aromatic heterocycles. The van der Waals surface area contributed by atoms with E-state index in [1.54, 1.807) is 12.1 Å². The maximum absolute atomic E-state index is 13.0. The van der Waals surface area contributed by atoms with Crippen molar-refractivity contribution in [2.45, 2.75) is 11.8 Å². The second-order valence-electron chi connectivity index (χ2n) is 4.22. The predicted octanol–water partition coefficient (Wildman–Crippen LogP) is 2.27. The first kappa shape index (κ1) is 15.1. The van der Waals surface area contributed by atoms with Gasteiger partial charge in [-0.3, -0.25) is 4.79 Å². The van der Waals surface area contributed by atoms with Gasteiger partial charge in [-0.25, -0.2) is 13.4 Å². The monoisotopic (exact) mass is 308 g/mol. The summed E-state index contributed by atoms with van der Waals surface area (Å²) in [5.41, 5.74) is 0.229. The molecule has 0 fully saturated rings. The van der Waals surface area contributed by atoms with E-state index < -0.39 is 21.7 Å². The number of aromatic nitrogens is 1. The molecular weight excluding hydrogens is 295 g/mol. The molecule has 2 aromatic rings. The molecule has 0 spiro atoms. The van der Waals surface area contributed by atoms with Gasteiger partial charge in [0.25, 0.3) is 5.91 Å². The normalized spacial score (nSPS) is 11.1. The summed E-state index contributed by atoms with van der Waals surface area (Å²) in [6.45, 7) is 1.52. The van der Waals surface area contributed by atoms with Crippen molar-refractivity contribution < 1.29 is 17.6 Å². The molecule has 5 nitrogen and oxygen atoms in total. The molecule has 0 bridgehead atoms. The molecule has 2 rings (SSSR count). The van der Waals surface area contributed by atoms with Crippen molar-refractivity contribution in [2.24, 2.45) is 0 Å². The summed E-state index contributed by atoms with van der Waals surface area (Å²) in [5, 5.41) is 2.48. The Balaban J connectivity index is 2.35. The van der Waals surface area contributed by atoms with Gasteiger partial charge in [-0.1, -0.05) is 19.1 Å². The van der Waals surface area contributed by atoms with Crippen LogP contribution in [-0.2, 0) is 9.84 Å². The smallest absolute Gasteiger partial charge is 0.255 e. The van der Waals surface area contributed by atoms with Crippen molar-refractivity contribution in [3.8, 4) is 0 Å². The van der Waals surface area contributed by atoms with Gasteiger partial charge in [0, 0.05) is 17.8 Å². The molecule has 1 heterocycles. The van der Waals surface area contributed by atoms with Crippen molar-refractivity contribution in [1.29, 1.82) is 0 Å². The largest absolute Gasteiger partial charge is 0.321 e. The third-order valence-electron chi connectivity index (χ3n) is 2.84. The lowest BCUT2D eigenvalue weighted by molar-refractivity contribution is 0.102. The van der Waals surface area contributed by atoms with Crippen LogP contribution in [0.25, 0.3) is 0 Å². The van der Waals surface area contributed by atoms with Crippen LogP contribution < -0.4 is 5.32 Å². The van der Waals surface area contributed by atoms with Crippen LogP contribution in [0, 0.1) is 5.95 Å². The molecule has 0 radical (unpaired) electrons. The Labute approximate surface area is 121 Å². The van der Waals surface area contributed by atoms with Gasteiger partial charge in [-0.2, -0.15) is 4.39 Å². The maximum Gasteiger partial charge on any atom is 0.255 e. The van der Waals surface area contributed by atoms with Crippen LogP contribution in [0.4, 0.5) is 10.1 Å². The summed E-state index contributed by atoms with van der Waals surface area (Å²) < 4.78 is 36.9. The summed E-state index contributed by atoms with van der Waals surface area (Å²) in [6.07, 6.45) is 1.17. The highest BCUT2D eigenvalue weighted by Crippen LogP contribution is 2.22. The molecule has 0 atom stereocenters. The molecule has 0 saturated heterocycles. The number of pyridine rings is 1. The van der Waals surface area contributed by atoms with Crippen LogP contribution >= 0.6 is 0 Å². The number of benzene rings is 1. The van der Waals surface area contributed by atoms with Crippen molar-refractivity contribution in [3.63, 3.8) is 0 Å². The minimum Gasteiger partial charge on any atom is -0.321 e. The first-order valence-electron chi connectivity index (χ1n) is 6.18. The van der Waals surface area contributed by atoms with E-state index in [9.17, 15) is 17.6 Å². The summed E-state index contributed by atoms with van der Waals surface area (Å²) in [7, 11) is -3.47. The number of carbonyl (C=O) groups is 1. The Hall–Kier alpha value is -2.28. The Bertz CT molecular complexity index is 775. The zero-order valence-corrected chi connectivity index (χ0v) is 12.0. The van der Waals surface area contributed by atoms with Gasteiger partial charge in [0.2, 0.25) is 5.95 Å². The fourth-order valence-corrected chi connectivity index (χ4v) is 2.79. The van der Waals surface area contributed by atoms with Crippen molar-refractivity contribution in [2.75, 3.05) is 11.1 Å². The zero-order valence-electron chi connectivity index (χ0n) is 11.2. The van der Waals surface area contributed by atoms with Crippen LogP contribution in [0.3, 0.4) is 0 Å².